The highest BCUT2D eigenvalue weighted by Crippen LogP contribution is 2.41. The van der Waals surface area contributed by atoms with Crippen LogP contribution in [-0.2, 0) is 9.53 Å². The number of hydrogen-bond donors (Lipinski definition) is 1. The highest BCUT2D eigenvalue weighted by atomic mass is 32.1. The zero-order valence-electron chi connectivity index (χ0n) is 18.6. The first-order valence-electron chi connectivity index (χ1n) is 11.0. The number of amides is 1. The van der Waals surface area contributed by atoms with Gasteiger partial charge in [0.15, 0.2) is 5.76 Å². The van der Waals surface area contributed by atoms with Gasteiger partial charge in [-0.1, -0.05) is 19.1 Å². The van der Waals surface area contributed by atoms with Gasteiger partial charge in [0.2, 0.25) is 5.78 Å². The highest BCUT2D eigenvalue weighted by molar-refractivity contribution is 7.14. The van der Waals surface area contributed by atoms with Gasteiger partial charge in [0, 0.05) is 13.2 Å². The third kappa shape index (κ3) is 4.29. The summed E-state index contributed by atoms with van der Waals surface area (Å²) >= 11 is 1.28. The molecule has 2 unspecified atom stereocenters. The minimum atomic E-state index is -0.693. The number of rotatable bonds is 8. The lowest BCUT2D eigenvalue weighted by atomic mass is 9.94. The van der Waals surface area contributed by atoms with Crippen molar-refractivity contribution in [2.24, 2.45) is 0 Å². The van der Waals surface area contributed by atoms with E-state index >= 15 is 0 Å². The summed E-state index contributed by atoms with van der Waals surface area (Å²) in [6.45, 7) is 7.23. The van der Waals surface area contributed by atoms with Crippen molar-refractivity contribution in [2.45, 2.75) is 52.2 Å². The molecular weight excluding hydrogens is 428 g/mol. The second-order valence-electron chi connectivity index (χ2n) is 8.15. The predicted molar refractivity (Wildman–Crippen MR) is 121 cm³/mol. The van der Waals surface area contributed by atoms with Gasteiger partial charge in [-0.25, -0.2) is 4.98 Å². The lowest BCUT2D eigenvalue weighted by Crippen LogP contribution is -2.37. The Morgan fingerprint density at radius 2 is 2.06 bits per heavy atom. The van der Waals surface area contributed by atoms with Crippen molar-refractivity contribution in [2.75, 3.05) is 19.8 Å². The molecule has 1 saturated heterocycles. The van der Waals surface area contributed by atoms with Crippen LogP contribution in [0.5, 0.6) is 5.75 Å². The summed E-state index contributed by atoms with van der Waals surface area (Å²) < 4.78 is 11.4. The number of thiazole rings is 1. The third-order valence-corrected chi connectivity index (χ3v) is 6.82. The molecule has 2 aliphatic rings. The molecule has 0 aliphatic carbocycles. The standard InChI is InChI=1S/C24H28N2O5S/c1-4-11-30-17-9-7-16(8-10-17)20-19(21(27)23-14(2)25-15(3)32-23)22(28)24(29)26(20)13-18-6-5-12-31-18/h7-10,18,20,28H,4-6,11-13H2,1-3H3. The van der Waals surface area contributed by atoms with Crippen LogP contribution in [0.3, 0.4) is 0 Å². The Morgan fingerprint density at radius 3 is 2.66 bits per heavy atom. The number of aliphatic hydroxyl groups is 1. The molecule has 1 aromatic heterocycles. The van der Waals surface area contributed by atoms with Crippen molar-refractivity contribution in [3.63, 3.8) is 0 Å². The first kappa shape index (κ1) is 22.5. The van der Waals surface area contributed by atoms with E-state index in [4.69, 9.17) is 9.47 Å². The molecule has 3 heterocycles. The van der Waals surface area contributed by atoms with Crippen LogP contribution in [0, 0.1) is 13.8 Å². The van der Waals surface area contributed by atoms with Crippen LogP contribution in [0.4, 0.5) is 0 Å². The maximum absolute atomic E-state index is 13.5. The number of hydrogen-bond acceptors (Lipinski definition) is 7. The maximum Gasteiger partial charge on any atom is 0.290 e. The Morgan fingerprint density at radius 1 is 1.31 bits per heavy atom. The summed E-state index contributed by atoms with van der Waals surface area (Å²) in [7, 11) is 0. The van der Waals surface area contributed by atoms with Gasteiger partial charge in [-0.2, -0.15) is 0 Å². The fourth-order valence-electron chi connectivity index (χ4n) is 4.26. The monoisotopic (exact) mass is 456 g/mol. The second-order valence-corrected chi connectivity index (χ2v) is 9.35. The van der Waals surface area contributed by atoms with Crippen molar-refractivity contribution in [3.8, 4) is 5.75 Å². The summed E-state index contributed by atoms with van der Waals surface area (Å²) in [5, 5.41) is 11.6. The average molecular weight is 457 g/mol. The molecule has 0 radical (unpaired) electrons. The minimum Gasteiger partial charge on any atom is -0.503 e. The Hall–Kier alpha value is -2.71. The van der Waals surface area contributed by atoms with Gasteiger partial charge in [0.1, 0.15) is 5.75 Å². The zero-order valence-corrected chi connectivity index (χ0v) is 19.4. The molecule has 2 aliphatic heterocycles. The molecular formula is C24H28N2O5S. The third-order valence-electron chi connectivity index (χ3n) is 5.75. The molecule has 170 valence electrons. The number of aryl methyl sites for hydroxylation is 2. The number of carbonyl (C=O) groups excluding carboxylic acids is 2. The molecule has 1 fully saturated rings. The number of aromatic nitrogens is 1. The molecule has 2 atom stereocenters. The van der Waals surface area contributed by atoms with Crippen LogP contribution in [0.15, 0.2) is 35.6 Å². The summed E-state index contributed by atoms with van der Waals surface area (Å²) in [6.07, 6.45) is 2.57. The van der Waals surface area contributed by atoms with E-state index in [1.807, 2.05) is 38.1 Å². The molecule has 0 spiro atoms. The van der Waals surface area contributed by atoms with E-state index in [2.05, 4.69) is 4.98 Å². The first-order chi connectivity index (χ1) is 15.4. The number of nitrogens with zero attached hydrogens (tertiary/aromatic N) is 2. The summed E-state index contributed by atoms with van der Waals surface area (Å²) in [5.74, 6) is -0.667. The van der Waals surface area contributed by atoms with Crippen molar-refractivity contribution < 1.29 is 24.2 Å². The van der Waals surface area contributed by atoms with Gasteiger partial charge in [-0.05, 0) is 50.8 Å². The number of ketones is 1. The van der Waals surface area contributed by atoms with Crippen LogP contribution in [0.25, 0.3) is 0 Å². The molecule has 7 nitrogen and oxygen atoms in total. The van der Waals surface area contributed by atoms with Crippen molar-refractivity contribution in [1.82, 2.24) is 9.88 Å². The van der Waals surface area contributed by atoms with E-state index in [0.717, 1.165) is 35.6 Å². The zero-order chi connectivity index (χ0) is 22.8. The molecule has 8 heteroatoms. The average Bonchev–Trinajstić information content (AvgIpc) is 3.47. The minimum absolute atomic E-state index is 0.0990. The van der Waals surface area contributed by atoms with Crippen LogP contribution in [0.2, 0.25) is 0 Å². The molecule has 1 aromatic carbocycles. The van der Waals surface area contributed by atoms with Crippen molar-refractivity contribution in [1.29, 1.82) is 0 Å². The van der Waals surface area contributed by atoms with Gasteiger partial charge in [-0.15, -0.1) is 11.3 Å². The van der Waals surface area contributed by atoms with Crippen LogP contribution in [0.1, 0.15) is 58.2 Å². The number of aliphatic hydroxyl groups excluding tert-OH is 1. The van der Waals surface area contributed by atoms with Gasteiger partial charge < -0.3 is 19.5 Å². The van der Waals surface area contributed by atoms with E-state index in [1.54, 1.807) is 11.8 Å². The van der Waals surface area contributed by atoms with Crippen molar-refractivity contribution in [3.05, 3.63) is 56.7 Å². The number of carbonyl (C=O) groups is 2. The first-order valence-corrected chi connectivity index (χ1v) is 11.8. The molecule has 1 N–H and O–H groups in total. The second kappa shape index (κ2) is 9.42. The Balaban J connectivity index is 1.72. The summed E-state index contributed by atoms with van der Waals surface area (Å²) in [6, 6.07) is 6.67. The molecule has 32 heavy (non-hydrogen) atoms. The lowest BCUT2D eigenvalue weighted by Gasteiger charge is -2.29. The Labute approximate surface area is 191 Å². The van der Waals surface area contributed by atoms with Crippen LogP contribution >= 0.6 is 11.3 Å². The Kier molecular flexibility index (Phi) is 6.62. The molecule has 2 aromatic rings. The molecule has 1 amide bonds. The summed E-state index contributed by atoms with van der Waals surface area (Å²) in [4.78, 5) is 33.0. The van der Waals surface area contributed by atoms with E-state index in [-0.39, 0.29) is 17.5 Å². The predicted octanol–water partition coefficient (Wildman–Crippen LogP) is 4.31. The normalized spacial score (nSPS) is 21.0. The fraction of sp³-hybridized carbons (Fsp3) is 0.458. The van der Waals surface area contributed by atoms with Gasteiger partial charge in [-0.3, -0.25) is 9.59 Å². The van der Waals surface area contributed by atoms with E-state index < -0.39 is 17.7 Å². The highest BCUT2D eigenvalue weighted by Gasteiger charge is 2.45. The number of ether oxygens (including phenoxy) is 2. The van der Waals surface area contributed by atoms with E-state index in [0.29, 0.717) is 30.3 Å². The van der Waals surface area contributed by atoms with Gasteiger partial charge in [0.05, 0.1) is 39.9 Å². The SMILES string of the molecule is CCCOc1ccc(C2C(C(=O)c3sc(C)nc3C)=C(O)C(=O)N2CC2CCCO2)cc1. The van der Waals surface area contributed by atoms with Crippen molar-refractivity contribution >= 4 is 23.0 Å². The topological polar surface area (TPSA) is 89.0 Å². The quantitative estimate of drug-likeness (QED) is 0.596. The summed E-state index contributed by atoms with van der Waals surface area (Å²) in [5.41, 5.74) is 1.44. The smallest absolute Gasteiger partial charge is 0.290 e. The Bertz CT molecular complexity index is 1040. The van der Waals surface area contributed by atoms with Crippen LogP contribution < -0.4 is 4.74 Å². The van der Waals surface area contributed by atoms with Gasteiger partial charge in [0.25, 0.3) is 5.91 Å². The maximum atomic E-state index is 13.5. The fourth-order valence-corrected chi connectivity index (χ4v) is 5.13. The molecule has 0 bridgehead atoms. The largest absolute Gasteiger partial charge is 0.503 e. The number of benzene rings is 1. The number of Topliss-reactive ketones (excluding diaryl/α,β-unsaturated/α-hetero) is 1. The van der Waals surface area contributed by atoms with Gasteiger partial charge >= 0.3 is 0 Å². The molecule has 4 rings (SSSR count). The lowest BCUT2D eigenvalue weighted by molar-refractivity contribution is -0.131. The molecule has 0 saturated carbocycles. The van der Waals surface area contributed by atoms with E-state index in [1.165, 1.54) is 11.3 Å². The van der Waals surface area contributed by atoms with E-state index in [9.17, 15) is 14.7 Å². The van der Waals surface area contributed by atoms with Crippen LogP contribution in [-0.4, -0.2) is 52.5 Å².